The van der Waals surface area contributed by atoms with Gasteiger partial charge in [0, 0.05) is 6.92 Å². The van der Waals surface area contributed by atoms with E-state index < -0.39 is 22.6 Å². The van der Waals surface area contributed by atoms with Gasteiger partial charge in [-0.25, -0.2) is 4.79 Å². The van der Waals surface area contributed by atoms with Crippen LogP contribution in [-0.2, 0) is 14.6 Å². The van der Waals surface area contributed by atoms with Crippen LogP contribution < -0.4 is 11.5 Å². The second kappa shape index (κ2) is 12.0. The van der Waals surface area contributed by atoms with Gasteiger partial charge in [-0.15, -0.1) is 24.8 Å². The maximum absolute atomic E-state index is 10.1. The normalized spacial score (nSPS) is 11.4. The summed E-state index contributed by atoms with van der Waals surface area (Å²) in [5.41, 5.74) is 8.55. The number of nitrogens with two attached hydrogens (primary N) is 2. The van der Waals surface area contributed by atoms with E-state index in [1.165, 1.54) is 6.92 Å². The Morgan fingerprint density at radius 3 is 1.24 bits per heavy atom. The third-order valence-corrected chi connectivity index (χ3v) is 2.28. The van der Waals surface area contributed by atoms with E-state index in [1.54, 1.807) is 48.5 Å². The minimum absolute atomic E-state index is 0. The standard InChI is InChI=1S/C8H18N6.C6H12O3.2ClH/c1-7(2,5(9)10)13-14-8(3,4)6(11)12;1-5(7)8-9-6(2,3)4;;/h1-4H3,(H3,9,10)(H3,11,12);1-4H3;2*1H/b14-13+;;;. The van der Waals surface area contributed by atoms with Gasteiger partial charge in [0.15, 0.2) is 0 Å². The van der Waals surface area contributed by atoms with Gasteiger partial charge in [-0.05, 0) is 48.5 Å². The molecule has 0 bridgehead atoms. The van der Waals surface area contributed by atoms with E-state index in [2.05, 4.69) is 20.0 Å². The zero-order valence-corrected chi connectivity index (χ0v) is 17.7. The van der Waals surface area contributed by atoms with Crippen molar-refractivity contribution in [2.45, 2.75) is 72.1 Å². The molecule has 0 atom stereocenters. The molecule has 0 fully saturated rings. The van der Waals surface area contributed by atoms with Crippen LogP contribution in [-0.4, -0.2) is 34.3 Å². The molecule has 0 amide bonds. The van der Waals surface area contributed by atoms with Gasteiger partial charge in [-0.2, -0.15) is 15.1 Å². The average Bonchev–Trinajstić information content (AvgIpc) is 2.34. The Morgan fingerprint density at radius 2 is 1.12 bits per heavy atom. The average molecular weight is 403 g/mol. The van der Waals surface area contributed by atoms with Gasteiger partial charge < -0.3 is 11.5 Å². The molecule has 0 unspecified atom stereocenters. The molecule has 0 aromatic rings. The SMILES string of the molecule is CC(=O)OOC(C)(C)C.CC(C)(/N=N/C(C)(C)C(=N)N)C(=N)N.Cl.Cl. The molecule has 25 heavy (non-hydrogen) atoms. The molecule has 0 aliphatic rings. The van der Waals surface area contributed by atoms with Gasteiger partial charge in [0.05, 0.1) is 0 Å². The Morgan fingerprint density at radius 1 is 0.840 bits per heavy atom. The van der Waals surface area contributed by atoms with E-state index in [4.69, 9.17) is 22.3 Å². The molecule has 150 valence electrons. The molecule has 0 aliphatic carbocycles. The highest BCUT2D eigenvalue weighted by Gasteiger charge is 2.25. The molecule has 0 spiro atoms. The highest BCUT2D eigenvalue weighted by molar-refractivity contribution is 5.87. The van der Waals surface area contributed by atoms with Crippen molar-refractivity contribution in [1.82, 2.24) is 0 Å². The van der Waals surface area contributed by atoms with Crippen LogP contribution in [0.3, 0.4) is 0 Å². The molecule has 9 nitrogen and oxygen atoms in total. The fourth-order valence-corrected chi connectivity index (χ4v) is 0.541. The van der Waals surface area contributed by atoms with Crippen molar-refractivity contribution in [3.8, 4) is 0 Å². The number of carbonyl (C=O) groups excluding carboxylic acids is 1. The van der Waals surface area contributed by atoms with Crippen molar-refractivity contribution in [3.05, 3.63) is 0 Å². The number of nitrogens with zero attached hydrogens (tertiary/aromatic N) is 2. The molecule has 6 N–H and O–H groups in total. The van der Waals surface area contributed by atoms with E-state index in [1.807, 2.05) is 0 Å². The van der Waals surface area contributed by atoms with Crippen molar-refractivity contribution in [3.63, 3.8) is 0 Å². The van der Waals surface area contributed by atoms with E-state index in [0.717, 1.165) is 0 Å². The quantitative estimate of drug-likeness (QED) is 0.182. The number of carbonyl (C=O) groups is 1. The van der Waals surface area contributed by atoms with E-state index in [9.17, 15) is 4.79 Å². The molecular weight excluding hydrogens is 371 g/mol. The van der Waals surface area contributed by atoms with Crippen LogP contribution >= 0.6 is 24.8 Å². The van der Waals surface area contributed by atoms with E-state index in [-0.39, 0.29) is 36.5 Å². The number of amidine groups is 2. The third kappa shape index (κ3) is 17.2. The van der Waals surface area contributed by atoms with Crippen molar-refractivity contribution >= 4 is 42.5 Å². The Hall–Kier alpha value is -1.45. The van der Waals surface area contributed by atoms with Gasteiger partial charge >= 0.3 is 5.97 Å². The zero-order chi connectivity index (χ0) is 19.1. The van der Waals surface area contributed by atoms with Gasteiger partial charge in [0.1, 0.15) is 28.4 Å². The summed E-state index contributed by atoms with van der Waals surface area (Å²) in [6, 6.07) is 0. The predicted molar refractivity (Wildman–Crippen MR) is 104 cm³/mol. The Bertz CT molecular complexity index is 446. The minimum atomic E-state index is -0.841. The Kier molecular flexibility index (Phi) is 15.0. The second-order valence-electron chi connectivity index (χ2n) is 6.92. The summed E-state index contributed by atoms with van der Waals surface area (Å²) in [5.74, 6) is -0.564. The topological polar surface area (TPSA) is 160 Å². The van der Waals surface area contributed by atoms with Crippen LogP contribution in [0.2, 0.25) is 0 Å². The first-order chi connectivity index (χ1) is 10.0. The number of hydrogen-bond acceptors (Lipinski definition) is 7. The van der Waals surface area contributed by atoms with Crippen molar-refractivity contribution < 1.29 is 14.6 Å². The van der Waals surface area contributed by atoms with Crippen molar-refractivity contribution in [2.24, 2.45) is 21.7 Å². The van der Waals surface area contributed by atoms with Crippen molar-refractivity contribution in [2.75, 3.05) is 0 Å². The number of nitrogens with one attached hydrogen (secondary N) is 2. The Balaban J connectivity index is -0.000000177. The molecule has 11 heteroatoms. The fourth-order valence-electron chi connectivity index (χ4n) is 0.541. The number of azo groups is 1. The number of rotatable bonds is 5. The fraction of sp³-hybridized carbons (Fsp3) is 0.786. The smallest absolute Gasteiger partial charge is 0.339 e. The molecule has 0 saturated carbocycles. The summed E-state index contributed by atoms with van der Waals surface area (Å²) in [5, 5.41) is 22.3. The second-order valence-corrected chi connectivity index (χ2v) is 6.92. The van der Waals surface area contributed by atoms with Gasteiger partial charge in [-0.3, -0.25) is 15.7 Å². The van der Waals surface area contributed by atoms with E-state index in [0.29, 0.717) is 0 Å². The van der Waals surface area contributed by atoms with Crippen LogP contribution in [0.5, 0.6) is 0 Å². The molecule has 0 saturated heterocycles. The lowest BCUT2D eigenvalue weighted by atomic mass is 10.1. The van der Waals surface area contributed by atoms with Crippen LogP contribution in [0.15, 0.2) is 10.2 Å². The van der Waals surface area contributed by atoms with Crippen LogP contribution in [0.1, 0.15) is 55.4 Å². The first-order valence-corrected chi connectivity index (χ1v) is 7.00. The Labute approximate surface area is 162 Å². The summed E-state index contributed by atoms with van der Waals surface area (Å²) in [6.07, 6.45) is 0. The predicted octanol–water partition coefficient (Wildman–Crippen LogP) is 2.99. The summed E-state index contributed by atoms with van der Waals surface area (Å²) in [6.45, 7) is 13.4. The van der Waals surface area contributed by atoms with Crippen molar-refractivity contribution in [1.29, 1.82) is 10.8 Å². The maximum Gasteiger partial charge on any atom is 0.339 e. The number of hydrogen-bond donors (Lipinski definition) is 4. The van der Waals surface area contributed by atoms with Crippen LogP contribution in [0, 0.1) is 10.8 Å². The molecule has 0 aliphatic heterocycles. The maximum atomic E-state index is 10.1. The van der Waals surface area contributed by atoms with Gasteiger partial charge in [-0.1, -0.05) is 0 Å². The molecule has 0 rings (SSSR count). The molecule has 0 aromatic heterocycles. The van der Waals surface area contributed by atoms with E-state index >= 15 is 0 Å². The molecule has 0 aromatic carbocycles. The molecule has 0 radical (unpaired) electrons. The summed E-state index contributed by atoms with van der Waals surface area (Å²) in [4.78, 5) is 19.1. The zero-order valence-electron chi connectivity index (χ0n) is 16.1. The minimum Gasteiger partial charge on any atom is -0.386 e. The molecular formula is C14H32Cl2N6O3. The molecule has 0 heterocycles. The monoisotopic (exact) mass is 402 g/mol. The lowest BCUT2D eigenvalue weighted by molar-refractivity contribution is -0.318. The summed E-state index contributed by atoms with van der Waals surface area (Å²) >= 11 is 0. The third-order valence-electron chi connectivity index (χ3n) is 2.28. The lowest BCUT2D eigenvalue weighted by Crippen LogP contribution is -2.38. The first kappa shape index (κ1) is 31.3. The van der Waals surface area contributed by atoms with Crippen LogP contribution in [0.4, 0.5) is 0 Å². The largest absolute Gasteiger partial charge is 0.386 e. The summed E-state index contributed by atoms with van der Waals surface area (Å²) < 4.78 is 0. The van der Waals surface area contributed by atoms with Gasteiger partial charge in [0.2, 0.25) is 0 Å². The lowest BCUT2D eigenvalue weighted by Gasteiger charge is -2.20. The summed E-state index contributed by atoms with van der Waals surface area (Å²) in [7, 11) is 0. The first-order valence-electron chi connectivity index (χ1n) is 7.00. The van der Waals surface area contributed by atoms with Gasteiger partial charge in [0.25, 0.3) is 0 Å². The highest BCUT2D eigenvalue weighted by Crippen LogP contribution is 2.15. The highest BCUT2D eigenvalue weighted by atomic mass is 35.5. The number of halogens is 2. The van der Waals surface area contributed by atoms with Crippen LogP contribution in [0.25, 0.3) is 0 Å².